The molecule has 1 fully saturated rings. The van der Waals surface area contributed by atoms with Crippen molar-refractivity contribution in [2.75, 3.05) is 11.5 Å². The summed E-state index contributed by atoms with van der Waals surface area (Å²) < 4.78 is 5.98. The average Bonchev–Trinajstić information content (AvgIpc) is 3.35. The third-order valence-electron chi connectivity index (χ3n) is 4.18. The molecule has 0 N–H and O–H groups in total. The molecule has 1 aliphatic heterocycles. The Morgan fingerprint density at radius 2 is 1.78 bits per heavy atom. The van der Waals surface area contributed by atoms with Gasteiger partial charge in [0.2, 0.25) is 0 Å². The molecular weight excluding hydrogens is 394 g/mol. The largest absolute Gasteiger partial charge is 0.426 e. The smallest absolute Gasteiger partial charge is 0.317 e. The van der Waals surface area contributed by atoms with Gasteiger partial charge in [-0.15, -0.1) is 34.9 Å². The fourth-order valence-corrected chi connectivity index (χ4v) is 6.46. The summed E-state index contributed by atoms with van der Waals surface area (Å²) in [5.74, 6) is 2.70. The molecule has 3 aromatic rings. The third-order valence-corrected chi connectivity index (χ3v) is 8.23. The molecule has 6 heteroatoms. The quantitative estimate of drug-likeness (QED) is 0.394. The van der Waals surface area contributed by atoms with Crippen molar-refractivity contribution in [3.05, 3.63) is 70.7 Å². The molecule has 1 aliphatic rings. The molecule has 138 valence electrons. The number of thioether (sulfide) groups is 2. The van der Waals surface area contributed by atoms with E-state index in [9.17, 15) is 4.79 Å². The molecule has 3 nitrogen and oxygen atoms in total. The fraction of sp³-hybridized carbons (Fsp3) is 0.238. The van der Waals surface area contributed by atoms with Crippen LogP contribution in [0.2, 0.25) is 0 Å². The van der Waals surface area contributed by atoms with E-state index in [0.29, 0.717) is 10.3 Å². The van der Waals surface area contributed by atoms with Crippen LogP contribution in [0.1, 0.15) is 21.4 Å². The van der Waals surface area contributed by atoms with Crippen LogP contribution in [0.25, 0.3) is 10.6 Å². The maximum atomic E-state index is 12.2. The minimum absolute atomic E-state index is 0.179. The zero-order valence-corrected chi connectivity index (χ0v) is 17.3. The van der Waals surface area contributed by atoms with E-state index in [2.05, 4.69) is 48.3 Å². The molecule has 2 aromatic carbocycles. The molecule has 0 unspecified atom stereocenters. The molecule has 1 saturated heterocycles. The minimum Gasteiger partial charge on any atom is -0.426 e. The second-order valence-electron chi connectivity index (χ2n) is 6.30. The van der Waals surface area contributed by atoms with Gasteiger partial charge in [0.05, 0.1) is 16.7 Å². The number of nitrogens with zero attached hydrogens (tertiary/aromatic N) is 1. The highest BCUT2D eigenvalue weighted by atomic mass is 32.2. The Hall–Kier alpha value is -1.76. The highest BCUT2D eigenvalue weighted by Gasteiger charge is 2.18. The summed E-state index contributed by atoms with van der Waals surface area (Å²) in [6.45, 7) is 2.06. The van der Waals surface area contributed by atoms with Crippen molar-refractivity contribution in [1.82, 2.24) is 4.98 Å². The summed E-state index contributed by atoms with van der Waals surface area (Å²) in [6, 6.07) is 16.1. The van der Waals surface area contributed by atoms with Gasteiger partial charge in [-0.2, -0.15) is 0 Å². The van der Waals surface area contributed by atoms with Crippen molar-refractivity contribution in [2.45, 2.75) is 17.9 Å². The zero-order valence-electron chi connectivity index (χ0n) is 14.9. The van der Waals surface area contributed by atoms with E-state index < -0.39 is 0 Å². The lowest BCUT2D eigenvalue weighted by molar-refractivity contribution is -0.133. The lowest BCUT2D eigenvalue weighted by Gasteiger charge is -2.09. The van der Waals surface area contributed by atoms with Crippen LogP contribution in [0.15, 0.2) is 53.9 Å². The van der Waals surface area contributed by atoms with Crippen LogP contribution >= 0.6 is 34.9 Å². The number of carbonyl (C=O) groups is 1. The summed E-state index contributed by atoms with van der Waals surface area (Å²) >= 11 is 5.48. The van der Waals surface area contributed by atoms with Gasteiger partial charge < -0.3 is 4.74 Å². The van der Waals surface area contributed by atoms with Crippen LogP contribution in [-0.2, 0) is 11.2 Å². The number of benzene rings is 2. The van der Waals surface area contributed by atoms with Crippen LogP contribution in [0.5, 0.6) is 5.75 Å². The number of carbonyl (C=O) groups excluding carboxylic acids is 1. The number of hydrogen-bond donors (Lipinski definition) is 0. The van der Waals surface area contributed by atoms with Crippen molar-refractivity contribution in [2.24, 2.45) is 0 Å². The lowest BCUT2D eigenvalue weighted by atomic mass is 10.2. The molecule has 0 amide bonds. The number of hydrogen-bond acceptors (Lipinski definition) is 6. The topological polar surface area (TPSA) is 39.2 Å². The summed E-state index contributed by atoms with van der Waals surface area (Å²) in [5, 5.41) is 2.85. The van der Waals surface area contributed by atoms with Gasteiger partial charge >= 0.3 is 5.97 Å². The summed E-state index contributed by atoms with van der Waals surface area (Å²) in [7, 11) is 0. The molecule has 0 radical (unpaired) electrons. The Morgan fingerprint density at radius 1 is 1.07 bits per heavy atom. The first-order valence-electron chi connectivity index (χ1n) is 8.73. The van der Waals surface area contributed by atoms with Crippen LogP contribution in [0.3, 0.4) is 0 Å². The van der Waals surface area contributed by atoms with Crippen molar-refractivity contribution in [3.63, 3.8) is 0 Å². The Labute approximate surface area is 171 Å². The van der Waals surface area contributed by atoms with Crippen molar-refractivity contribution < 1.29 is 9.53 Å². The maximum absolute atomic E-state index is 12.2. The average molecular weight is 414 g/mol. The summed E-state index contributed by atoms with van der Waals surface area (Å²) in [4.78, 5) is 16.8. The Balaban J connectivity index is 1.36. The normalized spacial score (nSPS) is 14.4. The standard InChI is InChI=1S/C21H19NO2S3/c1-14-2-4-15(5-3-14)20-22-17(13-27-20)12-19(23)24-18-8-6-16(7-9-18)21-25-10-11-26-21/h2-9,13,21H,10-12H2,1H3. The minimum atomic E-state index is -0.284. The van der Waals surface area contributed by atoms with Gasteiger partial charge in [0.25, 0.3) is 0 Å². The molecule has 0 aliphatic carbocycles. The number of aromatic nitrogens is 1. The first-order chi connectivity index (χ1) is 13.2. The van der Waals surface area contributed by atoms with Gasteiger partial charge in [-0.1, -0.05) is 42.0 Å². The van der Waals surface area contributed by atoms with Gasteiger partial charge in [-0.3, -0.25) is 4.79 Å². The van der Waals surface area contributed by atoms with Crippen LogP contribution in [0, 0.1) is 6.92 Å². The monoisotopic (exact) mass is 413 g/mol. The van der Waals surface area contributed by atoms with E-state index in [4.69, 9.17) is 4.74 Å². The molecule has 0 atom stereocenters. The van der Waals surface area contributed by atoms with Crippen molar-refractivity contribution in [1.29, 1.82) is 0 Å². The molecule has 0 saturated carbocycles. The fourth-order valence-electron chi connectivity index (χ4n) is 2.78. The van der Waals surface area contributed by atoms with Gasteiger partial charge in [0, 0.05) is 22.4 Å². The molecular formula is C21H19NO2S3. The summed E-state index contributed by atoms with van der Waals surface area (Å²) in [6.07, 6.45) is 0.179. The second kappa shape index (κ2) is 8.50. The van der Waals surface area contributed by atoms with E-state index >= 15 is 0 Å². The molecule has 1 aromatic heterocycles. The number of esters is 1. The zero-order chi connectivity index (χ0) is 18.6. The number of aryl methyl sites for hydroxylation is 1. The van der Waals surface area contributed by atoms with E-state index in [0.717, 1.165) is 16.3 Å². The highest BCUT2D eigenvalue weighted by Crippen LogP contribution is 2.45. The molecule has 4 rings (SSSR count). The molecule has 0 spiro atoms. The highest BCUT2D eigenvalue weighted by molar-refractivity contribution is 8.19. The van der Waals surface area contributed by atoms with Crippen LogP contribution < -0.4 is 4.74 Å². The number of thiazole rings is 1. The van der Waals surface area contributed by atoms with Gasteiger partial charge in [0.15, 0.2) is 0 Å². The Bertz CT molecular complexity index is 913. The molecule has 2 heterocycles. The van der Waals surface area contributed by atoms with Crippen molar-refractivity contribution >= 4 is 40.8 Å². The lowest BCUT2D eigenvalue weighted by Crippen LogP contribution is -2.11. The SMILES string of the molecule is Cc1ccc(-c2nc(CC(=O)Oc3ccc(C4SCCS4)cc3)cs2)cc1. The first kappa shape index (κ1) is 18.6. The predicted molar refractivity (Wildman–Crippen MR) is 116 cm³/mol. The summed E-state index contributed by atoms with van der Waals surface area (Å²) in [5.41, 5.74) is 4.32. The van der Waals surface area contributed by atoms with E-state index in [1.165, 1.54) is 22.6 Å². The van der Waals surface area contributed by atoms with E-state index in [1.54, 1.807) is 11.3 Å². The predicted octanol–water partition coefficient (Wildman–Crippen LogP) is 5.75. The Morgan fingerprint density at radius 3 is 2.48 bits per heavy atom. The number of ether oxygens (including phenoxy) is 1. The van der Waals surface area contributed by atoms with E-state index in [-0.39, 0.29) is 12.4 Å². The molecule has 0 bridgehead atoms. The van der Waals surface area contributed by atoms with Gasteiger partial charge in [-0.05, 0) is 24.6 Å². The third kappa shape index (κ3) is 4.75. The van der Waals surface area contributed by atoms with Crippen LogP contribution in [-0.4, -0.2) is 22.5 Å². The van der Waals surface area contributed by atoms with E-state index in [1.807, 2.05) is 41.0 Å². The molecule has 27 heavy (non-hydrogen) atoms. The van der Waals surface area contributed by atoms with Crippen molar-refractivity contribution in [3.8, 4) is 16.3 Å². The van der Waals surface area contributed by atoms with Gasteiger partial charge in [-0.25, -0.2) is 4.98 Å². The van der Waals surface area contributed by atoms with Crippen LogP contribution in [0.4, 0.5) is 0 Å². The van der Waals surface area contributed by atoms with Gasteiger partial charge in [0.1, 0.15) is 10.8 Å². The second-order valence-corrected chi connectivity index (χ2v) is 9.89. The Kier molecular flexibility index (Phi) is 5.86. The number of rotatable bonds is 5. The first-order valence-corrected chi connectivity index (χ1v) is 11.7. The maximum Gasteiger partial charge on any atom is 0.317 e.